The van der Waals surface area contributed by atoms with Gasteiger partial charge in [-0.05, 0) is 18.6 Å². The van der Waals surface area contributed by atoms with Crippen molar-refractivity contribution < 1.29 is 8.42 Å². The first-order valence-electron chi connectivity index (χ1n) is 7.90. The van der Waals surface area contributed by atoms with Gasteiger partial charge in [-0.1, -0.05) is 42.5 Å². The van der Waals surface area contributed by atoms with Gasteiger partial charge in [0.1, 0.15) is 5.82 Å². The normalized spacial score (nSPS) is 19.4. The molecule has 2 aromatic carbocycles. The first kappa shape index (κ1) is 15.1. The van der Waals surface area contributed by atoms with Gasteiger partial charge in [0.2, 0.25) is 0 Å². The van der Waals surface area contributed by atoms with Crippen molar-refractivity contribution in [1.82, 2.24) is 9.97 Å². The third-order valence-corrected chi connectivity index (χ3v) is 5.98. The summed E-state index contributed by atoms with van der Waals surface area (Å²) in [6.45, 7) is 0. The van der Waals surface area contributed by atoms with E-state index < -0.39 is 9.84 Å². The molecular formula is C18H17N3O2S. The molecule has 6 heteroatoms. The molecule has 0 spiro atoms. The van der Waals surface area contributed by atoms with E-state index in [0.29, 0.717) is 18.1 Å². The lowest BCUT2D eigenvalue weighted by molar-refractivity contribution is 0.602. The summed E-state index contributed by atoms with van der Waals surface area (Å²) in [4.78, 5) is 9.31. The first-order chi connectivity index (χ1) is 11.6. The highest BCUT2D eigenvalue weighted by Gasteiger charge is 2.28. The standard InChI is InChI=1S/C18H17N3O2S/c22-24(23)11-10-14(12-24)19-18-15-8-4-5-9-16(15)20-17(21-18)13-6-2-1-3-7-13/h1-9,14H,10-12H2,(H,19,20,21). The van der Waals surface area contributed by atoms with Crippen molar-refractivity contribution >= 4 is 26.6 Å². The van der Waals surface area contributed by atoms with Crippen LogP contribution in [0.5, 0.6) is 0 Å². The highest BCUT2D eigenvalue weighted by Crippen LogP contribution is 2.26. The molecule has 1 N–H and O–H groups in total. The van der Waals surface area contributed by atoms with Crippen molar-refractivity contribution in [3.8, 4) is 11.4 Å². The van der Waals surface area contributed by atoms with E-state index in [4.69, 9.17) is 0 Å². The molecule has 122 valence electrons. The van der Waals surface area contributed by atoms with Gasteiger partial charge in [-0.2, -0.15) is 0 Å². The summed E-state index contributed by atoms with van der Waals surface area (Å²) in [6, 6.07) is 17.5. The van der Waals surface area contributed by atoms with Gasteiger partial charge in [-0.15, -0.1) is 0 Å². The molecule has 2 heterocycles. The minimum absolute atomic E-state index is 0.100. The number of nitrogens with zero attached hydrogens (tertiary/aromatic N) is 2. The molecule has 0 amide bonds. The Balaban J connectivity index is 1.78. The number of aromatic nitrogens is 2. The van der Waals surface area contributed by atoms with Crippen molar-refractivity contribution in [3.63, 3.8) is 0 Å². The Kier molecular flexibility index (Phi) is 3.69. The molecule has 0 bridgehead atoms. The molecular weight excluding hydrogens is 322 g/mol. The van der Waals surface area contributed by atoms with Crippen molar-refractivity contribution in [2.45, 2.75) is 12.5 Å². The summed E-state index contributed by atoms with van der Waals surface area (Å²) in [6.07, 6.45) is 0.612. The molecule has 1 atom stereocenters. The fourth-order valence-electron chi connectivity index (χ4n) is 3.01. The van der Waals surface area contributed by atoms with Gasteiger partial charge in [-0.3, -0.25) is 0 Å². The Labute approximate surface area is 140 Å². The van der Waals surface area contributed by atoms with Crippen LogP contribution in [0.15, 0.2) is 54.6 Å². The van der Waals surface area contributed by atoms with Gasteiger partial charge in [0.25, 0.3) is 0 Å². The lowest BCUT2D eigenvalue weighted by Gasteiger charge is -2.15. The number of fused-ring (bicyclic) bond motifs is 1. The number of rotatable bonds is 3. The minimum atomic E-state index is -2.94. The van der Waals surface area contributed by atoms with Crippen molar-refractivity contribution in [2.75, 3.05) is 16.8 Å². The SMILES string of the molecule is O=S1(=O)CCC(Nc2nc(-c3ccccc3)nc3ccccc23)C1. The van der Waals surface area contributed by atoms with Gasteiger partial charge in [-0.25, -0.2) is 18.4 Å². The molecule has 4 rings (SSSR count). The van der Waals surface area contributed by atoms with Crippen LogP contribution in [0.1, 0.15) is 6.42 Å². The number of nitrogens with one attached hydrogen (secondary N) is 1. The fourth-order valence-corrected chi connectivity index (χ4v) is 4.68. The number of anilines is 1. The Hall–Kier alpha value is -2.47. The van der Waals surface area contributed by atoms with E-state index in [1.54, 1.807) is 0 Å². The second kappa shape index (κ2) is 5.87. The lowest BCUT2D eigenvalue weighted by Crippen LogP contribution is -2.21. The zero-order valence-corrected chi connectivity index (χ0v) is 13.8. The summed E-state index contributed by atoms with van der Waals surface area (Å²) in [5.41, 5.74) is 1.78. The van der Waals surface area contributed by atoms with Crippen LogP contribution < -0.4 is 5.32 Å². The molecule has 3 aromatic rings. The monoisotopic (exact) mass is 339 g/mol. The topological polar surface area (TPSA) is 72.0 Å². The van der Waals surface area contributed by atoms with Crippen molar-refractivity contribution in [3.05, 3.63) is 54.6 Å². The number of para-hydroxylation sites is 1. The molecule has 5 nitrogen and oxygen atoms in total. The number of hydrogen-bond acceptors (Lipinski definition) is 5. The van der Waals surface area contributed by atoms with Crippen LogP contribution in [-0.2, 0) is 9.84 Å². The molecule has 1 fully saturated rings. The number of hydrogen-bond donors (Lipinski definition) is 1. The average molecular weight is 339 g/mol. The van der Waals surface area contributed by atoms with E-state index in [-0.39, 0.29) is 17.5 Å². The molecule has 1 aromatic heterocycles. The van der Waals surface area contributed by atoms with Crippen LogP contribution in [0.3, 0.4) is 0 Å². The van der Waals surface area contributed by atoms with E-state index in [2.05, 4.69) is 15.3 Å². The summed E-state index contributed by atoms with van der Waals surface area (Å²) in [5, 5.41) is 4.22. The van der Waals surface area contributed by atoms with Crippen LogP contribution in [0.2, 0.25) is 0 Å². The van der Waals surface area contributed by atoms with E-state index in [9.17, 15) is 8.42 Å². The summed E-state index contributed by atoms with van der Waals surface area (Å²) < 4.78 is 23.4. The van der Waals surface area contributed by atoms with Gasteiger partial charge in [0.05, 0.1) is 17.0 Å². The van der Waals surface area contributed by atoms with Crippen LogP contribution >= 0.6 is 0 Å². The predicted octanol–water partition coefficient (Wildman–Crippen LogP) is 2.90. The smallest absolute Gasteiger partial charge is 0.162 e. The number of benzene rings is 2. The van der Waals surface area contributed by atoms with Crippen LogP contribution in [0, 0.1) is 0 Å². The molecule has 1 saturated heterocycles. The maximum Gasteiger partial charge on any atom is 0.162 e. The Morgan fingerprint density at radius 3 is 2.46 bits per heavy atom. The average Bonchev–Trinajstić information content (AvgIpc) is 2.94. The first-order valence-corrected chi connectivity index (χ1v) is 9.72. The van der Waals surface area contributed by atoms with Crippen molar-refractivity contribution in [1.29, 1.82) is 0 Å². The van der Waals surface area contributed by atoms with Gasteiger partial charge >= 0.3 is 0 Å². The van der Waals surface area contributed by atoms with Gasteiger partial charge in [0.15, 0.2) is 15.7 Å². The third kappa shape index (κ3) is 2.97. The summed E-state index contributed by atoms with van der Waals surface area (Å²) in [5.74, 6) is 1.73. The molecule has 1 unspecified atom stereocenters. The van der Waals surface area contributed by atoms with Gasteiger partial charge < -0.3 is 5.32 Å². The van der Waals surface area contributed by atoms with Gasteiger partial charge in [0, 0.05) is 17.0 Å². The zero-order valence-electron chi connectivity index (χ0n) is 13.0. The van der Waals surface area contributed by atoms with Crippen LogP contribution in [-0.4, -0.2) is 35.9 Å². The van der Waals surface area contributed by atoms with E-state index in [1.807, 2.05) is 54.6 Å². The maximum absolute atomic E-state index is 11.7. The minimum Gasteiger partial charge on any atom is -0.366 e. The Bertz CT molecular complexity index is 988. The molecule has 0 aliphatic carbocycles. The van der Waals surface area contributed by atoms with E-state index in [0.717, 1.165) is 16.5 Å². The molecule has 1 aliphatic rings. The fraction of sp³-hybridized carbons (Fsp3) is 0.222. The molecule has 1 aliphatic heterocycles. The van der Waals surface area contributed by atoms with Crippen molar-refractivity contribution in [2.24, 2.45) is 0 Å². The molecule has 24 heavy (non-hydrogen) atoms. The largest absolute Gasteiger partial charge is 0.366 e. The highest BCUT2D eigenvalue weighted by atomic mass is 32.2. The maximum atomic E-state index is 11.7. The Morgan fingerprint density at radius 2 is 1.71 bits per heavy atom. The van der Waals surface area contributed by atoms with Crippen LogP contribution in [0.4, 0.5) is 5.82 Å². The zero-order chi connectivity index (χ0) is 16.6. The summed E-state index contributed by atoms with van der Waals surface area (Å²) in [7, 11) is -2.94. The molecule has 0 saturated carbocycles. The second-order valence-electron chi connectivity index (χ2n) is 6.02. The van der Waals surface area contributed by atoms with E-state index >= 15 is 0 Å². The predicted molar refractivity (Wildman–Crippen MR) is 95.7 cm³/mol. The van der Waals surface area contributed by atoms with Crippen LogP contribution in [0.25, 0.3) is 22.3 Å². The second-order valence-corrected chi connectivity index (χ2v) is 8.25. The third-order valence-electron chi connectivity index (χ3n) is 4.21. The highest BCUT2D eigenvalue weighted by molar-refractivity contribution is 7.91. The van der Waals surface area contributed by atoms with E-state index in [1.165, 1.54) is 0 Å². The summed E-state index contributed by atoms with van der Waals surface area (Å²) >= 11 is 0. The molecule has 0 radical (unpaired) electrons. The quantitative estimate of drug-likeness (QED) is 0.794. The Morgan fingerprint density at radius 1 is 0.958 bits per heavy atom. The lowest BCUT2D eigenvalue weighted by atomic mass is 10.1. The number of sulfone groups is 1.